The van der Waals surface area contributed by atoms with Crippen LogP contribution >= 0.6 is 0 Å². The number of hydrogen-bond acceptors (Lipinski definition) is 3. The number of amides is 1. The monoisotopic (exact) mass is 302 g/mol. The normalized spacial score (nSPS) is 11.0. The fraction of sp³-hybridized carbons (Fsp3) is 0. The maximum absolute atomic E-state index is 12.6. The van der Waals surface area contributed by atoms with Crippen LogP contribution < -0.4 is 11.1 Å². The van der Waals surface area contributed by atoms with Crippen molar-refractivity contribution in [2.45, 2.75) is 0 Å². The summed E-state index contributed by atoms with van der Waals surface area (Å²) in [7, 11) is 0. The van der Waals surface area contributed by atoms with Gasteiger partial charge in [0.05, 0.1) is 11.2 Å². The minimum atomic E-state index is -0.339. The molecule has 0 atom stereocenters. The lowest BCUT2D eigenvalue weighted by molar-refractivity contribution is 0.252. The van der Waals surface area contributed by atoms with Crippen molar-refractivity contribution in [3.63, 3.8) is 0 Å². The summed E-state index contributed by atoms with van der Waals surface area (Å²) in [5, 5.41) is 9.87. The summed E-state index contributed by atoms with van der Waals surface area (Å²) in [6.45, 7) is 0. The molecule has 5 heteroatoms. The molecule has 112 valence electrons. The van der Waals surface area contributed by atoms with Gasteiger partial charge in [-0.15, -0.1) is 5.10 Å². The Balaban J connectivity index is 1.77. The highest BCUT2D eigenvalue weighted by Gasteiger charge is 2.14. The van der Waals surface area contributed by atoms with E-state index in [0.717, 1.165) is 21.8 Å². The topological polar surface area (TPSA) is 72.9 Å². The van der Waals surface area contributed by atoms with Gasteiger partial charge in [-0.25, -0.2) is 4.79 Å². The van der Waals surface area contributed by atoms with Gasteiger partial charge < -0.3 is 11.1 Å². The molecule has 0 fully saturated rings. The Hall–Kier alpha value is -3.34. The molecular weight excluding hydrogens is 288 g/mol. The summed E-state index contributed by atoms with van der Waals surface area (Å²) in [5.74, 6) is 0.341. The standard InChI is InChI=1S/C18H14N4O/c19-17-14-9-3-4-11-16(14)22(21-17)18(23)20-15-10-5-7-12-6-1-2-8-13(12)15/h1-11H,(H2,19,21)(H,20,23). The van der Waals surface area contributed by atoms with Gasteiger partial charge in [0.15, 0.2) is 5.82 Å². The summed E-state index contributed by atoms with van der Waals surface area (Å²) in [4.78, 5) is 12.6. The molecule has 0 bridgehead atoms. The zero-order valence-electron chi connectivity index (χ0n) is 12.2. The van der Waals surface area contributed by atoms with Crippen LogP contribution in [-0.2, 0) is 0 Å². The number of carbonyl (C=O) groups is 1. The lowest BCUT2D eigenvalue weighted by Gasteiger charge is -2.09. The van der Waals surface area contributed by atoms with E-state index in [4.69, 9.17) is 5.73 Å². The highest BCUT2D eigenvalue weighted by atomic mass is 16.2. The second kappa shape index (κ2) is 5.14. The molecule has 1 amide bonds. The number of benzene rings is 3. The number of nitrogens with zero attached hydrogens (tertiary/aromatic N) is 2. The van der Waals surface area contributed by atoms with E-state index in [-0.39, 0.29) is 6.03 Å². The van der Waals surface area contributed by atoms with Gasteiger partial charge in [-0.2, -0.15) is 4.68 Å². The van der Waals surface area contributed by atoms with Crippen LogP contribution in [0, 0.1) is 0 Å². The van der Waals surface area contributed by atoms with Crippen LogP contribution in [-0.4, -0.2) is 15.8 Å². The first kappa shape index (κ1) is 13.3. The Labute approximate surface area is 132 Å². The molecule has 0 saturated carbocycles. The van der Waals surface area contributed by atoms with E-state index >= 15 is 0 Å². The van der Waals surface area contributed by atoms with E-state index in [9.17, 15) is 4.79 Å². The summed E-state index contributed by atoms with van der Waals surface area (Å²) >= 11 is 0. The van der Waals surface area contributed by atoms with Crippen LogP contribution in [0.25, 0.3) is 21.7 Å². The molecule has 0 aliphatic rings. The molecule has 5 nitrogen and oxygen atoms in total. The van der Waals surface area contributed by atoms with Crippen molar-refractivity contribution in [3.05, 3.63) is 66.7 Å². The fourth-order valence-electron chi connectivity index (χ4n) is 2.75. The van der Waals surface area contributed by atoms with Gasteiger partial charge in [0.25, 0.3) is 0 Å². The van der Waals surface area contributed by atoms with E-state index in [2.05, 4.69) is 10.4 Å². The van der Waals surface area contributed by atoms with Crippen LogP contribution in [0.1, 0.15) is 0 Å². The molecule has 3 aromatic carbocycles. The first-order valence-electron chi connectivity index (χ1n) is 7.26. The predicted octanol–water partition coefficient (Wildman–Crippen LogP) is 3.85. The largest absolute Gasteiger partial charge is 0.382 e. The van der Waals surface area contributed by atoms with E-state index in [1.807, 2.05) is 66.7 Å². The van der Waals surface area contributed by atoms with E-state index in [0.29, 0.717) is 11.3 Å². The second-order valence-electron chi connectivity index (χ2n) is 5.27. The van der Waals surface area contributed by atoms with Crippen molar-refractivity contribution in [2.24, 2.45) is 0 Å². The van der Waals surface area contributed by atoms with Crippen molar-refractivity contribution >= 4 is 39.2 Å². The van der Waals surface area contributed by atoms with Gasteiger partial charge in [-0.05, 0) is 23.6 Å². The fourth-order valence-corrected chi connectivity index (χ4v) is 2.75. The van der Waals surface area contributed by atoms with Crippen molar-refractivity contribution < 1.29 is 4.79 Å². The zero-order chi connectivity index (χ0) is 15.8. The number of para-hydroxylation sites is 1. The Morgan fingerprint density at radius 3 is 2.48 bits per heavy atom. The first-order chi connectivity index (χ1) is 11.2. The zero-order valence-corrected chi connectivity index (χ0v) is 12.2. The van der Waals surface area contributed by atoms with E-state index in [1.54, 1.807) is 0 Å². The molecule has 4 aromatic rings. The number of nitrogens with one attached hydrogen (secondary N) is 1. The minimum absolute atomic E-state index is 0.339. The molecule has 0 aliphatic heterocycles. The third-order valence-corrected chi connectivity index (χ3v) is 3.84. The maximum Gasteiger partial charge on any atom is 0.347 e. The second-order valence-corrected chi connectivity index (χ2v) is 5.27. The smallest absolute Gasteiger partial charge is 0.347 e. The van der Waals surface area contributed by atoms with Gasteiger partial charge in [0.2, 0.25) is 0 Å². The van der Waals surface area contributed by atoms with Gasteiger partial charge >= 0.3 is 6.03 Å². The summed E-state index contributed by atoms with van der Waals surface area (Å²) in [6.07, 6.45) is 0. The average molecular weight is 302 g/mol. The Morgan fingerprint density at radius 2 is 1.61 bits per heavy atom. The van der Waals surface area contributed by atoms with Gasteiger partial charge in [0.1, 0.15) is 0 Å². The molecule has 3 N–H and O–H groups in total. The number of rotatable bonds is 1. The van der Waals surface area contributed by atoms with Gasteiger partial charge in [-0.3, -0.25) is 0 Å². The van der Waals surface area contributed by atoms with Crippen LogP contribution in [0.15, 0.2) is 66.7 Å². The van der Waals surface area contributed by atoms with Crippen molar-refractivity contribution in [2.75, 3.05) is 11.1 Å². The molecule has 0 saturated heterocycles. The Morgan fingerprint density at radius 1 is 0.913 bits per heavy atom. The lowest BCUT2D eigenvalue weighted by atomic mass is 10.1. The third kappa shape index (κ3) is 2.19. The van der Waals surface area contributed by atoms with Crippen LogP contribution in [0.4, 0.5) is 16.3 Å². The SMILES string of the molecule is Nc1nn(C(=O)Nc2cccc3ccccc23)c2ccccc12. The lowest BCUT2D eigenvalue weighted by Crippen LogP contribution is -2.20. The van der Waals surface area contributed by atoms with Gasteiger partial charge in [0, 0.05) is 10.8 Å². The Kier molecular flexibility index (Phi) is 2.98. The molecule has 0 unspecified atom stereocenters. The summed E-state index contributed by atoms with van der Waals surface area (Å²) in [5.41, 5.74) is 7.31. The number of hydrogen-bond donors (Lipinski definition) is 2. The van der Waals surface area contributed by atoms with Crippen molar-refractivity contribution in [3.8, 4) is 0 Å². The van der Waals surface area contributed by atoms with Crippen molar-refractivity contribution in [1.29, 1.82) is 0 Å². The predicted molar refractivity (Wildman–Crippen MR) is 92.5 cm³/mol. The van der Waals surface area contributed by atoms with E-state index in [1.165, 1.54) is 4.68 Å². The molecule has 1 heterocycles. The van der Waals surface area contributed by atoms with Crippen LogP contribution in [0.3, 0.4) is 0 Å². The third-order valence-electron chi connectivity index (χ3n) is 3.84. The Bertz CT molecular complexity index is 1030. The maximum atomic E-state index is 12.6. The number of nitrogens with two attached hydrogens (primary N) is 1. The number of anilines is 2. The number of aromatic nitrogens is 2. The van der Waals surface area contributed by atoms with Crippen LogP contribution in [0.5, 0.6) is 0 Å². The number of nitrogen functional groups attached to an aromatic ring is 1. The highest BCUT2D eigenvalue weighted by Crippen LogP contribution is 2.24. The molecule has 0 radical (unpaired) electrons. The van der Waals surface area contributed by atoms with Crippen LogP contribution in [0.2, 0.25) is 0 Å². The minimum Gasteiger partial charge on any atom is -0.382 e. The molecule has 1 aromatic heterocycles. The van der Waals surface area contributed by atoms with E-state index < -0.39 is 0 Å². The average Bonchev–Trinajstić information content (AvgIpc) is 2.93. The van der Waals surface area contributed by atoms with Crippen molar-refractivity contribution in [1.82, 2.24) is 9.78 Å². The van der Waals surface area contributed by atoms with Gasteiger partial charge in [-0.1, -0.05) is 48.5 Å². The first-order valence-corrected chi connectivity index (χ1v) is 7.26. The molecule has 0 aliphatic carbocycles. The highest BCUT2D eigenvalue weighted by molar-refractivity contribution is 6.05. The molecule has 23 heavy (non-hydrogen) atoms. The summed E-state index contributed by atoms with van der Waals surface area (Å²) < 4.78 is 1.30. The number of carbonyl (C=O) groups excluding carboxylic acids is 1. The molecule has 4 rings (SSSR count). The quantitative estimate of drug-likeness (QED) is 0.561. The number of fused-ring (bicyclic) bond motifs is 2. The molecule has 0 spiro atoms. The molecular formula is C18H14N4O. The summed E-state index contributed by atoms with van der Waals surface area (Å²) in [6, 6.07) is 20.7.